The van der Waals surface area contributed by atoms with E-state index in [4.69, 9.17) is 10.5 Å². The van der Waals surface area contributed by atoms with Crippen molar-refractivity contribution in [2.45, 2.75) is 32.6 Å². The van der Waals surface area contributed by atoms with Crippen molar-refractivity contribution in [3.05, 3.63) is 16.1 Å². The van der Waals surface area contributed by atoms with Crippen LogP contribution in [0.15, 0.2) is 10.4 Å². The fraction of sp³-hybridized carbons (Fsp3) is 0.692. The minimum Gasteiger partial charge on any atom is -0.383 e. The van der Waals surface area contributed by atoms with Gasteiger partial charge in [0.1, 0.15) is 0 Å². The Hall–Kier alpha value is -1.14. The number of nitrogens with zero attached hydrogens (tertiary/aromatic N) is 2. The van der Waals surface area contributed by atoms with Crippen LogP contribution in [0.3, 0.4) is 0 Å². The van der Waals surface area contributed by atoms with Gasteiger partial charge in [0.2, 0.25) is 0 Å². The number of ether oxygens (including phenoxy) is 1. The quantitative estimate of drug-likeness (QED) is 0.472. The predicted octanol–water partition coefficient (Wildman–Crippen LogP) is 1.53. The summed E-state index contributed by atoms with van der Waals surface area (Å²) in [5.41, 5.74) is 6.94. The summed E-state index contributed by atoms with van der Waals surface area (Å²) in [5.74, 6) is 0.461. The summed E-state index contributed by atoms with van der Waals surface area (Å²) in [6.07, 6.45) is 0.854. The average molecular weight is 284 g/mol. The van der Waals surface area contributed by atoms with E-state index >= 15 is 0 Å². The molecule has 0 radical (unpaired) electrons. The number of hydrogen-bond donors (Lipinski definition) is 2. The van der Waals surface area contributed by atoms with Crippen LogP contribution in [-0.2, 0) is 16.6 Å². The van der Waals surface area contributed by atoms with Crippen LogP contribution in [0.25, 0.3) is 0 Å². The zero-order valence-electron chi connectivity index (χ0n) is 12.2. The third kappa shape index (κ3) is 6.02. The van der Waals surface area contributed by atoms with E-state index in [1.165, 1.54) is 5.01 Å². The van der Waals surface area contributed by atoms with Gasteiger partial charge in [-0.3, -0.25) is 4.99 Å². The highest BCUT2D eigenvalue weighted by atomic mass is 32.1. The third-order valence-electron chi connectivity index (χ3n) is 2.46. The van der Waals surface area contributed by atoms with Gasteiger partial charge in [-0.15, -0.1) is 11.3 Å². The van der Waals surface area contributed by atoms with Crippen molar-refractivity contribution in [1.82, 2.24) is 10.3 Å². The highest BCUT2D eigenvalue weighted by molar-refractivity contribution is 7.09. The van der Waals surface area contributed by atoms with E-state index in [-0.39, 0.29) is 5.41 Å². The Morgan fingerprint density at radius 1 is 1.53 bits per heavy atom. The number of nitrogens with two attached hydrogens (primary N) is 1. The first-order chi connectivity index (χ1) is 8.93. The molecule has 0 aliphatic rings. The molecule has 3 N–H and O–H groups in total. The van der Waals surface area contributed by atoms with Gasteiger partial charge in [0.05, 0.1) is 23.9 Å². The van der Waals surface area contributed by atoms with Crippen LogP contribution in [0.5, 0.6) is 0 Å². The van der Waals surface area contributed by atoms with E-state index in [1.54, 1.807) is 18.4 Å². The standard InChI is InChI=1S/C13H24N4OS/c1-13(2,3)11-17-10(9-19-11)5-6-15-12(14)16-7-8-18-4/h9H,5-8H2,1-4H3,(H3,14,15,16). The van der Waals surface area contributed by atoms with Crippen LogP contribution in [0.4, 0.5) is 0 Å². The van der Waals surface area contributed by atoms with E-state index in [2.05, 4.69) is 41.4 Å². The summed E-state index contributed by atoms with van der Waals surface area (Å²) in [7, 11) is 1.65. The van der Waals surface area contributed by atoms with Crippen LogP contribution in [-0.4, -0.2) is 37.7 Å². The molecule has 1 heterocycles. The molecule has 5 nitrogen and oxygen atoms in total. The Bertz CT molecular complexity index is 409. The molecule has 0 unspecified atom stereocenters. The topological polar surface area (TPSA) is 72.5 Å². The summed E-state index contributed by atoms with van der Waals surface area (Å²) in [4.78, 5) is 8.76. The molecular weight excluding hydrogens is 260 g/mol. The molecule has 0 aliphatic heterocycles. The van der Waals surface area contributed by atoms with E-state index in [9.17, 15) is 0 Å². The highest BCUT2D eigenvalue weighted by Gasteiger charge is 2.17. The zero-order chi connectivity index (χ0) is 14.3. The molecule has 1 aromatic rings. The van der Waals surface area contributed by atoms with Gasteiger partial charge in [0, 0.05) is 30.9 Å². The highest BCUT2D eigenvalue weighted by Crippen LogP contribution is 2.25. The van der Waals surface area contributed by atoms with Crippen molar-refractivity contribution < 1.29 is 4.74 Å². The summed E-state index contributed by atoms with van der Waals surface area (Å²) in [6.45, 7) is 8.44. The Kier molecular flexibility index (Phi) is 6.24. The van der Waals surface area contributed by atoms with E-state index in [0.717, 1.165) is 18.7 Å². The number of aliphatic imine (C=N–C) groups is 1. The minimum atomic E-state index is 0.122. The molecule has 0 aromatic carbocycles. The number of nitrogens with one attached hydrogen (secondary N) is 1. The Morgan fingerprint density at radius 2 is 2.26 bits per heavy atom. The van der Waals surface area contributed by atoms with Gasteiger partial charge in [0.25, 0.3) is 0 Å². The largest absolute Gasteiger partial charge is 0.383 e. The SMILES string of the molecule is COCCN=C(N)NCCc1csc(C(C)(C)C)n1. The van der Waals surface area contributed by atoms with Crippen molar-refractivity contribution in [2.24, 2.45) is 10.7 Å². The molecule has 0 spiro atoms. The number of guanidine groups is 1. The normalized spacial score (nSPS) is 12.7. The van der Waals surface area contributed by atoms with Crippen molar-refractivity contribution in [2.75, 3.05) is 26.8 Å². The van der Waals surface area contributed by atoms with Gasteiger partial charge in [-0.25, -0.2) is 4.98 Å². The van der Waals surface area contributed by atoms with Gasteiger partial charge in [-0.1, -0.05) is 20.8 Å². The lowest BCUT2D eigenvalue weighted by Gasteiger charge is -2.13. The maximum atomic E-state index is 5.72. The third-order valence-corrected chi connectivity index (χ3v) is 3.78. The molecule has 108 valence electrons. The first-order valence-corrected chi connectivity index (χ1v) is 7.29. The van der Waals surface area contributed by atoms with Gasteiger partial charge in [-0.2, -0.15) is 0 Å². The lowest BCUT2D eigenvalue weighted by molar-refractivity contribution is 0.208. The second-order valence-corrected chi connectivity index (χ2v) is 6.19. The number of aromatic nitrogens is 1. The molecule has 0 atom stereocenters. The number of thiazole rings is 1. The van der Waals surface area contributed by atoms with E-state index in [0.29, 0.717) is 19.1 Å². The van der Waals surface area contributed by atoms with Gasteiger partial charge in [-0.05, 0) is 0 Å². The van der Waals surface area contributed by atoms with Gasteiger partial charge >= 0.3 is 0 Å². The summed E-state index contributed by atoms with van der Waals surface area (Å²) in [5, 5.41) is 6.36. The first-order valence-electron chi connectivity index (χ1n) is 6.41. The molecule has 0 saturated carbocycles. The maximum absolute atomic E-state index is 5.72. The van der Waals surface area contributed by atoms with Crippen molar-refractivity contribution in [1.29, 1.82) is 0 Å². The summed E-state index contributed by atoms with van der Waals surface area (Å²) >= 11 is 1.72. The molecular formula is C13H24N4OS. The Balaban J connectivity index is 2.33. The molecule has 0 amide bonds. The molecule has 0 fully saturated rings. The maximum Gasteiger partial charge on any atom is 0.188 e. The first kappa shape index (κ1) is 15.9. The van der Waals surface area contributed by atoms with Crippen molar-refractivity contribution in [3.63, 3.8) is 0 Å². The zero-order valence-corrected chi connectivity index (χ0v) is 13.0. The van der Waals surface area contributed by atoms with Crippen LogP contribution < -0.4 is 11.1 Å². The number of methoxy groups -OCH3 is 1. The van der Waals surface area contributed by atoms with Crippen molar-refractivity contribution in [3.8, 4) is 0 Å². The molecule has 1 aromatic heterocycles. The molecule has 0 bridgehead atoms. The lowest BCUT2D eigenvalue weighted by Crippen LogP contribution is -2.33. The molecule has 0 aliphatic carbocycles. The fourth-order valence-electron chi connectivity index (χ4n) is 1.40. The summed E-state index contributed by atoms with van der Waals surface area (Å²) in [6, 6.07) is 0. The van der Waals surface area contributed by atoms with Gasteiger partial charge < -0.3 is 15.8 Å². The fourth-order valence-corrected chi connectivity index (χ4v) is 2.34. The molecule has 6 heteroatoms. The van der Waals surface area contributed by atoms with Gasteiger partial charge in [0.15, 0.2) is 5.96 Å². The predicted molar refractivity (Wildman–Crippen MR) is 80.9 cm³/mol. The minimum absolute atomic E-state index is 0.122. The van der Waals surface area contributed by atoms with Crippen LogP contribution >= 0.6 is 11.3 Å². The Labute approximate surface area is 119 Å². The van der Waals surface area contributed by atoms with Crippen LogP contribution in [0.2, 0.25) is 0 Å². The van der Waals surface area contributed by atoms with E-state index in [1.807, 2.05) is 0 Å². The number of rotatable bonds is 6. The second kappa shape index (κ2) is 7.45. The van der Waals surface area contributed by atoms with E-state index < -0.39 is 0 Å². The second-order valence-electron chi connectivity index (χ2n) is 5.33. The monoisotopic (exact) mass is 284 g/mol. The molecule has 0 saturated heterocycles. The summed E-state index contributed by atoms with van der Waals surface area (Å²) < 4.78 is 4.90. The Morgan fingerprint density at radius 3 is 2.84 bits per heavy atom. The smallest absolute Gasteiger partial charge is 0.188 e. The molecule has 1 rings (SSSR count). The van der Waals surface area contributed by atoms with Crippen LogP contribution in [0, 0.1) is 0 Å². The molecule has 19 heavy (non-hydrogen) atoms. The number of hydrogen-bond acceptors (Lipinski definition) is 4. The van der Waals surface area contributed by atoms with Crippen LogP contribution in [0.1, 0.15) is 31.5 Å². The van der Waals surface area contributed by atoms with Crippen molar-refractivity contribution >= 4 is 17.3 Å². The average Bonchev–Trinajstić information content (AvgIpc) is 2.78. The lowest BCUT2D eigenvalue weighted by atomic mass is 9.98.